The molecule has 118 valence electrons. The number of aromatic nitrogens is 1. The topological polar surface area (TPSA) is 66.0 Å². The van der Waals surface area contributed by atoms with Crippen molar-refractivity contribution in [1.29, 1.82) is 0 Å². The predicted molar refractivity (Wildman–Crippen MR) is 81.8 cm³/mol. The first-order valence-corrected chi connectivity index (χ1v) is 8.18. The third-order valence-electron chi connectivity index (χ3n) is 3.36. The van der Waals surface area contributed by atoms with E-state index in [1.54, 1.807) is 6.20 Å². The van der Waals surface area contributed by atoms with E-state index in [0.29, 0.717) is 25.3 Å². The Balaban J connectivity index is 2.07. The van der Waals surface area contributed by atoms with Crippen molar-refractivity contribution >= 4 is 16.0 Å². The summed E-state index contributed by atoms with van der Waals surface area (Å²) < 4.78 is 32.8. The molecular formula is C13H22N4O3S. The van der Waals surface area contributed by atoms with Gasteiger partial charge in [0.25, 0.3) is 10.2 Å². The molecule has 1 aliphatic heterocycles. The van der Waals surface area contributed by atoms with Gasteiger partial charge in [0.2, 0.25) is 0 Å². The van der Waals surface area contributed by atoms with Crippen LogP contribution in [0.25, 0.3) is 0 Å². The second kappa shape index (κ2) is 6.17. The van der Waals surface area contributed by atoms with Gasteiger partial charge in [-0.15, -0.1) is 0 Å². The van der Waals surface area contributed by atoms with Crippen LogP contribution in [0, 0.1) is 0 Å². The second-order valence-electron chi connectivity index (χ2n) is 5.40. The molecule has 21 heavy (non-hydrogen) atoms. The van der Waals surface area contributed by atoms with Gasteiger partial charge in [-0.1, -0.05) is 0 Å². The fourth-order valence-electron chi connectivity index (χ4n) is 2.22. The first-order valence-electron chi connectivity index (χ1n) is 6.79. The number of ether oxygens (including phenoxy) is 1. The van der Waals surface area contributed by atoms with E-state index in [9.17, 15) is 8.42 Å². The Morgan fingerprint density at radius 2 is 2.05 bits per heavy atom. The van der Waals surface area contributed by atoms with Gasteiger partial charge in [-0.25, -0.2) is 4.98 Å². The van der Waals surface area contributed by atoms with Gasteiger partial charge >= 0.3 is 0 Å². The van der Waals surface area contributed by atoms with E-state index >= 15 is 0 Å². The number of rotatable bonds is 5. The summed E-state index contributed by atoms with van der Waals surface area (Å²) in [6.07, 6.45) is 2.23. The highest BCUT2D eigenvalue weighted by molar-refractivity contribution is 7.86. The van der Waals surface area contributed by atoms with Crippen molar-refractivity contribution in [2.24, 2.45) is 0 Å². The second-order valence-corrected chi connectivity index (χ2v) is 7.54. The Hall–Kier alpha value is -1.38. The zero-order chi connectivity index (χ0) is 15.6. The van der Waals surface area contributed by atoms with Crippen molar-refractivity contribution < 1.29 is 13.2 Å². The zero-order valence-electron chi connectivity index (χ0n) is 12.9. The van der Waals surface area contributed by atoms with Gasteiger partial charge in [-0.2, -0.15) is 17.0 Å². The molecule has 0 aliphatic carbocycles. The van der Waals surface area contributed by atoms with Gasteiger partial charge in [0.05, 0.1) is 6.54 Å². The van der Waals surface area contributed by atoms with E-state index in [1.165, 1.54) is 22.7 Å². The summed E-state index contributed by atoms with van der Waals surface area (Å²) in [5, 5.41) is 0. The van der Waals surface area contributed by atoms with Crippen LogP contribution in [-0.2, 0) is 10.2 Å². The third-order valence-corrected chi connectivity index (χ3v) is 5.27. The normalized spacial score (nSPS) is 20.0. The SMILES string of the molecule is CN(C)c1ncccc1O[C@@H]1CCN(S(=O)(=O)N(C)C)C1. The highest BCUT2D eigenvalue weighted by Crippen LogP contribution is 2.27. The lowest BCUT2D eigenvalue weighted by atomic mass is 10.3. The molecule has 1 aromatic heterocycles. The first-order chi connectivity index (χ1) is 9.82. The summed E-state index contributed by atoms with van der Waals surface area (Å²) in [7, 11) is 3.50. The summed E-state index contributed by atoms with van der Waals surface area (Å²) in [4.78, 5) is 6.15. The maximum atomic E-state index is 12.1. The first kappa shape index (κ1) is 16.0. The molecule has 0 radical (unpaired) electrons. The molecule has 1 fully saturated rings. The molecule has 0 amide bonds. The van der Waals surface area contributed by atoms with E-state index in [2.05, 4.69) is 4.98 Å². The fourth-order valence-corrected chi connectivity index (χ4v) is 3.38. The number of hydrogen-bond acceptors (Lipinski definition) is 5. The lowest BCUT2D eigenvalue weighted by molar-refractivity contribution is 0.214. The van der Waals surface area contributed by atoms with Crippen LogP contribution in [0.3, 0.4) is 0 Å². The van der Waals surface area contributed by atoms with Crippen LogP contribution >= 0.6 is 0 Å². The van der Waals surface area contributed by atoms with Crippen LogP contribution in [0.4, 0.5) is 5.82 Å². The van der Waals surface area contributed by atoms with E-state index in [4.69, 9.17) is 4.74 Å². The number of nitrogens with zero attached hydrogens (tertiary/aromatic N) is 4. The van der Waals surface area contributed by atoms with E-state index in [0.717, 1.165) is 5.82 Å². The molecular weight excluding hydrogens is 292 g/mol. The fraction of sp³-hybridized carbons (Fsp3) is 0.615. The molecule has 1 aromatic rings. The zero-order valence-corrected chi connectivity index (χ0v) is 13.7. The quantitative estimate of drug-likeness (QED) is 0.787. The molecule has 0 spiro atoms. The minimum absolute atomic E-state index is 0.150. The standard InChI is InChI=1S/C13H22N4O3S/c1-15(2)13-12(6-5-8-14-13)20-11-7-9-17(10-11)21(18,19)16(3)4/h5-6,8,11H,7,9-10H2,1-4H3/t11-/m1/s1. The molecule has 0 aromatic carbocycles. The van der Waals surface area contributed by atoms with E-state index in [1.807, 2.05) is 31.1 Å². The summed E-state index contributed by atoms with van der Waals surface area (Å²) in [5.74, 6) is 1.42. The van der Waals surface area contributed by atoms with Gasteiger partial charge in [-0.05, 0) is 18.6 Å². The Kier molecular flexibility index (Phi) is 4.70. The number of hydrogen-bond donors (Lipinski definition) is 0. The van der Waals surface area contributed by atoms with Crippen LogP contribution in [0.15, 0.2) is 18.3 Å². The van der Waals surface area contributed by atoms with Gasteiger partial charge in [0, 0.05) is 40.9 Å². The van der Waals surface area contributed by atoms with Gasteiger partial charge in [0.15, 0.2) is 11.6 Å². The summed E-state index contributed by atoms with van der Waals surface area (Å²) in [6, 6.07) is 3.66. The molecule has 1 aliphatic rings. The van der Waals surface area contributed by atoms with Crippen molar-refractivity contribution in [3.05, 3.63) is 18.3 Å². The molecule has 2 heterocycles. The van der Waals surface area contributed by atoms with E-state index in [-0.39, 0.29) is 6.10 Å². The highest BCUT2D eigenvalue weighted by Gasteiger charge is 2.34. The summed E-state index contributed by atoms with van der Waals surface area (Å²) in [6.45, 7) is 0.838. The van der Waals surface area contributed by atoms with Crippen LogP contribution in [-0.4, -0.2) is 69.4 Å². The molecule has 0 unspecified atom stereocenters. The van der Waals surface area contributed by atoms with Crippen LogP contribution in [0.1, 0.15) is 6.42 Å². The maximum Gasteiger partial charge on any atom is 0.281 e. The molecule has 0 saturated carbocycles. The van der Waals surface area contributed by atoms with Crippen LogP contribution in [0.2, 0.25) is 0 Å². The van der Waals surface area contributed by atoms with Crippen molar-refractivity contribution in [3.8, 4) is 5.75 Å². The van der Waals surface area contributed by atoms with Crippen molar-refractivity contribution in [3.63, 3.8) is 0 Å². The number of anilines is 1. The Morgan fingerprint density at radius 1 is 1.33 bits per heavy atom. The Morgan fingerprint density at radius 3 is 2.67 bits per heavy atom. The van der Waals surface area contributed by atoms with Crippen molar-refractivity contribution in [2.45, 2.75) is 12.5 Å². The molecule has 2 rings (SSSR count). The lowest BCUT2D eigenvalue weighted by Gasteiger charge is -2.22. The summed E-state index contributed by atoms with van der Waals surface area (Å²) in [5.41, 5.74) is 0. The molecule has 7 nitrogen and oxygen atoms in total. The average Bonchev–Trinajstić information content (AvgIpc) is 2.88. The molecule has 0 N–H and O–H groups in total. The van der Waals surface area contributed by atoms with Crippen LogP contribution in [0.5, 0.6) is 5.75 Å². The van der Waals surface area contributed by atoms with Crippen molar-refractivity contribution in [1.82, 2.24) is 13.6 Å². The van der Waals surface area contributed by atoms with Gasteiger partial charge in [-0.3, -0.25) is 0 Å². The third kappa shape index (κ3) is 3.45. The van der Waals surface area contributed by atoms with Gasteiger partial charge < -0.3 is 9.64 Å². The summed E-state index contributed by atoms with van der Waals surface area (Å²) >= 11 is 0. The van der Waals surface area contributed by atoms with E-state index < -0.39 is 10.2 Å². The minimum Gasteiger partial charge on any atom is -0.485 e. The lowest BCUT2D eigenvalue weighted by Crippen LogP contribution is -2.39. The van der Waals surface area contributed by atoms with Gasteiger partial charge in [0.1, 0.15) is 6.10 Å². The minimum atomic E-state index is -3.37. The monoisotopic (exact) mass is 314 g/mol. The largest absolute Gasteiger partial charge is 0.485 e. The number of pyridine rings is 1. The average molecular weight is 314 g/mol. The molecule has 1 atom stereocenters. The molecule has 1 saturated heterocycles. The molecule has 8 heteroatoms. The predicted octanol–water partition coefficient (Wildman–Crippen LogP) is 0.407. The van der Waals surface area contributed by atoms with Crippen LogP contribution < -0.4 is 9.64 Å². The molecule has 0 bridgehead atoms. The Bertz CT molecular complexity index is 589. The maximum absolute atomic E-state index is 12.1. The van der Waals surface area contributed by atoms with Crippen molar-refractivity contribution in [2.75, 3.05) is 46.2 Å². The highest BCUT2D eigenvalue weighted by atomic mass is 32.2. The Labute approximate surface area is 126 Å². The smallest absolute Gasteiger partial charge is 0.281 e.